The highest BCUT2D eigenvalue weighted by atomic mass is 79.9. The summed E-state index contributed by atoms with van der Waals surface area (Å²) in [6.45, 7) is 18.1. The van der Waals surface area contributed by atoms with Crippen LogP contribution in [0.3, 0.4) is 0 Å². The van der Waals surface area contributed by atoms with Crippen molar-refractivity contribution in [2.45, 2.75) is 32.6 Å². The molecular formula is C30H72Br8N8O5. The van der Waals surface area contributed by atoms with E-state index in [-0.39, 0.29) is 152 Å². The number of aliphatic carboxylic acids is 1. The molecule has 51 heavy (non-hydrogen) atoms. The number of carboxylic acids is 1. The molecule has 2 saturated heterocycles. The summed E-state index contributed by atoms with van der Waals surface area (Å²) in [6.07, 6.45) is 4.63. The van der Waals surface area contributed by atoms with Crippen LogP contribution in [0.5, 0.6) is 0 Å². The Morgan fingerprint density at radius 1 is 0.471 bits per heavy atom. The van der Waals surface area contributed by atoms with Crippen LogP contribution in [0.1, 0.15) is 30.9 Å². The van der Waals surface area contributed by atoms with Gasteiger partial charge in [0.1, 0.15) is 0 Å². The van der Waals surface area contributed by atoms with Crippen molar-refractivity contribution < 1.29 is 26.3 Å². The molecule has 1 aromatic carbocycles. The van der Waals surface area contributed by atoms with Crippen molar-refractivity contribution in [1.82, 2.24) is 42.5 Å². The summed E-state index contributed by atoms with van der Waals surface area (Å²) in [5.74, 6) is 0.378. The zero-order valence-corrected chi connectivity index (χ0v) is 43.4. The molecule has 13 nitrogen and oxygen atoms in total. The maximum atomic E-state index is 9.00. The van der Waals surface area contributed by atoms with E-state index in [0.29, 0.717) is 11.8 Å². The second-order valence-corrected chi connectivity index (χ2v) is 11.0. The topological polar surface area (TPSA) is 228 Å². The van der Waals surface area contributed by atoms with E-state index in [2.05, 4.69) is 66.8 Å². The SMILES string of the molecule is Br.Br.Br.Br.Br.Br.Br.Br.CC(=O)O.O.O.O.c1cc(CC2CNCCNCCCNCCNC2)ccc1CC1CNCCNCCCNCCNC1. The number of rotatable bonds is 4. The van der Waals surface area contributed by atoms with Gasteiger partial charge in [0, 0.05) is 59.3 Å². The molecule has 0 atom stereocenters. The summed E-state index contributed by atoms with van der Waals surface area (Å²) in [6, 6.07) is 9.45. The van der Waals surface area contributed by atoms with Crippen molar-refractivity contribution in [3.05, 3.63) is 35.4 Å². The molecule has 0 saturated carbocycles. The molecule has 2 aliphatic rings. The molecule has 0 radical (unpaired) electrons. The Hall–Kier alpha value is 2.09. The zero-order valence-electron chi connectivity index (χ0n) is 29.7. The fourth-order valence-electron chi connectivity index (χ4n) is 5.02. The van der Waals surface area contributed by atoms with Gasteiger partial charge >= 0.3 is 0 Å². The predicted octanol–water partition coefficient (Wildman–Crippen LogP) is 1.77. The quantitative estimate of drug-likeness (QED) is 0.213. The molecule has 2 fully saturated rings. The summed E-state index contributed by atoms with van der Waals surface area (Å²) >= 11 is 0. The lowest BCUT2D eigenvalue weighted by Crippen LogP contribution is -2.39. The molecule has 1 aromatic rings. The van der Waals surface area contributed by atoms with Crippen LogP contribution in [0.15, 0.2) is 24.3 Å². The Bertz CT molecular complexity index is 693. The Balaban J connectivity index is -0.000000133. The van der Waals surface area contributed by atoms with Gasteiger partial charge < -0.3 is 64.1 Å². The molecule has 0 aromatic heterocycles. The maximum absolute atomic E-state index is 9.00. The summed E-state index contributed by atoms with van der Waals surface area (Å²) in [5, 5.41) is 36.2. The molecule has 0 amide bonds. The molecular weight excluding hydrogens is 1190 g/mol. The van der Waals surface area contributed by atoms with Gasteiger partial charge in [-0.2, -0.15) is 0 Å². The van der Waals surface area contributed by atoms with Gasteiger partial charge in [-0.25, -0.2) is 0 Å². The number of benzene rings is 1. The van der Waals surface area contributed by atoms with E-state index < -0.39 is 5.97 Å². The number of carboxylic acid groups (broad SMARTS) is 1. The molecule has 0 unspecified atom stereocenters. The zero-order chi connectivity index (χ0) is 28.5. The minimum Gasteiger partial charge on any atom is -0.481 e. The highest BCUT2D eigenvalue weighted by Crippen LogP contribution is 2.13. The Labute approximate surface area is 391 Å². The monoisotopic (exact) mass is 1260 g/mol. The molecule has 0 spiro atoms. The van der Waals surface area contributed by atoms with E-state index in [9.17, 15) is 0 Å². The fourth-order valence-corrected chi connectivity index (χ4v) is 5.02. The minimum absolute atomic E-state index is 0. The van der Waals surface area contributed by atoms with E-state index in [0.717, 1.165) is 124 Å². The lowest BCUT2D eigenvalue weighted by atomic mass is 9.95. The van der Waals surface area contributed by atoms with E-state index in [1.807, 2.05) is 0 Å². The first-order valence-electron chi connectivity index (χ1n) is 15.6. The third-order valence-electron chi connectivity index (χ3n) is 7.13. The normalized spacial score (nSPS) is 16.6. The Kier molecular flexibility index (Phi) is 85.8. The van der Waals surface area contributed by atoms with Gasteiger partial charge in [-0.05, 0) is 101 Å². The van der Waals surface area contributed by atoms with Crippen LogP contribution in [0.4, 0.5) is 0 Å². The van der Waals surface area contributed by atoms with Gasteiger partial charge in [0.25, 0.3) is 5.97 Å². The minimum atomic E-state index is -0.833. The second kappa shape index (κ2) is 56.4. The van der Waals surface area contributed by atoms with E-state index >= 15 is 0 Å². The van der Waals surface area contributed by atoms with Crippen LogP contribution < -0.4 is 42.5 Å². The average Bonchev–Trinajstić information content (AvgIpc) is 2.93. The van der Waals surface area contributed by atoms with Crippen LogP contribution in [0.25, 0.3) is 0 Å². The second-order valence-electron chi connectivity index (χ2n) is 11.0. The maximum Gasteiger partial charge on any atom is 0.300 e. The Morgan fingerprint density at radius 3 is 0.882 bits per heavy atom. The van der Waals surface area contributed by atoms with Gasteiger partial charge in [0.2, 0.25) is 0 Å². The molecule has 15 N–H and O–H groups in total. The van der Waals surface area contributed by atoms with E-state index in [1.54, 1.807) is 0 Å². The van der Waals surface area contributed by atoms with Crippen LogP contribution in [-0.4, -0.2) is 132 Å². The molecule has 21 heteroatoms. The molecule has 2 heterocycles. The number of hydrogen-bond acceptors (Lipinski definition) is 9. The molecule has 318 valence electrons. The first-order chi connectivity index (χ1) is 19.6. The van der Waals surface area contributed by atoms with Crippen molar-refractivity contribution in [3.8, 4) is 0 Å². The average molecular weight is 1260 g/mol. The number of carbonyl (C=O) groups is 1. The van der Waals surface area contributed by atoms with Gasteiger partial charge in [-0.1, -0.05) is 24.3 Å². The molecule has 3 rings (SSSR count). The molecule has 2 aliphatic heterocycles. The fraction of sp³-hybridized carbons (Fsp3) is 0.767. The Morgan fingerprint density at radius 2 is 0.667 bits per heavy atom. The highest BCUT2D eigenvalue weighted by Gasteiger charge is 2.12. The predicted molar refractivity (Wildman–Crippen MR) is 260 cm³/mol. The summed E-state index contributed by atoms with van der Waals surface area (Å²) in [7, 11) is 0. The van der Waals surface area contributed by atoms with Crippen molar-refractivity contribution >= 4 is 142 Å². The van der Waals surface area contributed by atoms with Crippen molar-refractivity contribution in [2.75, 3.05) is 105 Å². The smallest absolute Gasteiger partial charge is 0.300 e. The standard InChI is InChI=1S/C28H54N8.C2H4O2.8BrH.3H2O/c1-7-29-11-15-33-21-27(22-34-16-12-30-8-1)19-25-3-5-26(6-4-25)20-28-23-35-17-13-31-9-2-10-32-14-18-36-24-28;1-2(3)4;;;;;;;;;;;/h3-6,27-36H,1-2,7-24H2;1H3,(H,3,4);8*1H;3*1H2. The van der Waals surface area contributed by atoms with Crippen LogP contribution in [0.2, 0.25) is 0 Å². The number of nitrogens with one attached hydrogen (secondary N) is 8. The first-order valence-corrected chi connectivity index (χ1v) is 15.6. The van der Waals surface area contributed by atoms with Crippen molar-refractivity contribution in [3.63, 3.8) is 0 Å². The summed E-state index contributed by atoms with van der Waals surface area (Å²) in [4.78, 5) is 9.00. The third-order valence-corrected chi connectivity index (χ3v) is 7.13. The summed E-state index contributed by atoms with van der Waals surface area (Å²) in [5.41, 5.74) is 2.90. The lowest BCUT2D eigenvalue weighted by Gasteiger charge is -2.21. The van der Waals surface area contributed by atoms with Crippen LogP contribution in [0, 0.1) is 11.8 Å². The largest absolute Gasteiger partial charge is 0.481 e. The van der Waals surface area contributed by atoms with Crippen molar-refractivity contribution in [1.29, 1.82) is 0 Å². The van der Waals surface area contributed by atoms with E-state index in [1.165, 1.54) is 24.0 Å². The van der Waals surface area contributed by atoms with E-state index in [4.69, 9.17) is 9.90 Å². The highest BCUT2D eigenvalue weighted by molar-refractivity contribution is 8.93. The third kappa shape index (κ3) is 48.2. The summed E-state index contributed by atoms with van der Waals surface area (Å²) < 4.78 is 0. The van der Waals surface area contributed by atoms with Gasteiger partial charge in [-0.15, -0.1) is 136 Å². The molecule has 0 bridgehead atoms. The first kappa shape index (κ1) is 77.6. The van der Waals surface area contributed by atoms with Gasteiger partial charge in [0.05, 0.1) is 0 Å². The molecule has 0 aliphatic carbocycles. The number of hydrogen-bond donors (Lipinski definition) is 9. The van der Waals surface area contributed by atoms with Crippen LogP contribution >= 0.6 is 136 Å². The van der Waals surface area contributed by atoms with Gasteiger partial charge in [0.15, 0.2) is 0 Å². The van der Waals surface area contributed by atoms with Crippen LogP contribution in [-0.2, 0) is 17.6 Å². The number of halogens is 8. The van der Waals surface area contributed by atoms with Crippen molar-refractivity contribution in [2.24, 2.45) is 11.8 Å². The van der Waals surface area contributed by atoms with Gasteiger partial charge in [-0.3, -0.25) is 4.79 Å². The lowest BCUT2D eigenvalue weighted by molar-refractivity contribution is -0.134.